The molecule has 2 N–H and O–H groups in total. The third kappa shape index (κ3) is 4.97. The van der Waals surface area contributed by atoms with Gasteiger partial charge in [-0.25, -0.2) is 4.98 Å². The van der Waals surface area contributed by atoms with Crippen LogP contribution in [0.3, 0.4) is 0 Å². The number of hydrogen-bond donors (Lipinski definition) is 2. The van der Waals surface area contributed by atoms with Gasteiger partial charge in [0.15, 0.2) is 5.78 Å². The molecule has 1 fully saturated rings. The number of carbonyl (C=O) groups excluding carboxylic acids is 1. The molecule has 1 saturated carbocycles. The number of Topliss-reactive ketones (excluding diaryl/α,β-unsaturated/α-hetero) is 1. The summed E-state index contributed by atoms with van der Waals surface area (Å²) in [5.74, 6) is 0.197. The maximum atomic E-state index is 12.6. The van der Waals surface area contributed by atoms with Crippen molar-refractivity contribution in [3.63, 3.8) is 0 Å². The lowest BCUT2D eigenvalue weighted by Gasteiger charge is -2.17. The number of nitrogens with zero attached hydrogens (tertiary/aromatic N) is 1. The fraction of sp³-hybridized carbons (Fsp3) is 0.200. The van der Waals surface area contributed by atoms with Gasteiger partial charge in [-0.05, 0) is 43.0 Å². The molecule has 0 radical (unpaired) electrons. The number of hydrazine groups is 1. The predicted molar refractivity (Wildman–Crippen MR) is 97.4 cm³/mol. The van der Waals surface area contributed by atoms with Crippen LogP contribution in [-0.2, 0) is 11.0 Å². The second-order valence-electron chi connectivity index (χ2n) is 6.13. The molecule has 4 nitrogen and oxygen atoms in total. The minimum absolute atomic E-state index is 0.0280. The minimum atomic E-state index is -4.42. The highest BCUT2D eigenvalue weighted by molar-refractivity contribution is 6.11. The van der Waals surface area contributed by atoms with Gasteiger partial charge in [-0.2, -0.15) is 13.2 Å². The molecule has 0 unspecified atom stereocenters. The number of halogens is 3. The first-order chi connectivity index (χ1) is 12.9. The number of rotatable bonds is 4. The Hall–Kier alpha value is -3.09. The van der Waals surface area contributed by atoms with Gasteiger partial charge in [-0.3, -0.25) is 10.2 Å². The molecular weight excluding hydrogens is 355 g/mol. The van der Waals surface area contributed by atoms with E-state index in [-0.39, 0.29) is 11.6 Å². The van der Waals surface area contributed by atoms with Crippen LogP contribution in [-0.4, -0.2) is 10.8 Å². The zero-order valence-electron chi connectivity index (χ0n) is 14.4. The Morgan fingerprint density at radius 3 is 2.41 bits per heavy atom. The van der Waals surface area contributed by atoms with Crippen molar-refractivity contribution < 1.29 is 18.0 Å². The van der Waals surface area contributed by atoms with Crippen molar-refractivity contribution in [3.05, 3.63) is 77.1 Å². The van der Waals surface area contributed by atoms with Gasteiger partial charge in [0, 0.05) is 23.5 Å². The molecule has 0 atom stereocenters. The van der Waals surface area contributed by atoms with Crippen LogP contribution in [0, 0.1) is 0 Å². The Labute approximate surface area is 154 Å². The van der Waals surface area contributed by atoms with Gasteiger partial charge in [0.05, 0.1) is 5.56 Å². The number of allylic oxidation sites excluding steroid dienone is 2. The third-order valence-electron chi connectivity index (χ3n) is 4.15. The third-order valence-corrected chi connectivity index (χ3v) is 4.15. The predicted octanol–water partition coefficient (Wildman–Crippen LogP) is 4.74. The van der Waals surface area contributed by atoms with E-state index in [0.717, 1.165) is 36.2 Å². The van der Waals surface area contributed by atoms with Crippen molar-refractivity contribution in [3.8, 4) is 0 Å². The van der Waals surface area contributed by atoms with E-state index in [9.17, 15) is 18.0 Å². The molecule has 0 bridgehead atoms. The summed E-state index contributed by atoms with van der Waals surface area (Å²) in [6.45, 7) is 0. The Morgan fingerprint density at radius 2 is 1.74 bits per heavy atom. The molecule has 2 aromatic rings. The Balaban J connectivity index is 1.63. The first-order valence-corrected chi connectivity index (χ1v) is 8.47. The molecule has 1 aromatic heterocycles. The Bertz CT molecular complexity index is 856. The van der Waals surface area contributed by atoms with Crippen LogP contribution in [0.4, 0.5) is 19.0 Å². The number of hydrogen-bond acceptors (Lipinski definition) is 4. The van der Waals surface area contributed by atoms with Crippen molar-refractivity contribution in [2.75, 3.05) is 5.43 Å². The van der Waals surface area contributed by atoms with Gasteiger partial charge in [0.2, 0.25) is 0 Å². The fourth-order valence-electron chi connectivity index (χ4n) is 2.76. The van der Waals surface area contributed by atoms with Gasteiger partial charge in [-0.1, -0.05) is 30.3 Å². The zero-order chi connectivity index (χ0) is 19.3. The number of carbonyl (C=O) groups is 1. The van der Waals surface area contributed by atoms with Crippen molar-refractivity contribution in [2.45, 2.75) is 25.4 Å². The minimum Gasteiger partial charge on any atom is -0.307 e. The van der Waals surface area contributed by atoms with Gasteiger partial charge in [-0.15, -0.1) is 0 Å². The number of anilines is 1. The van der Waals surface area contributed by atoms with E-state index in [2.05, 4.69) is 15.8 Å². The van der Waals surface area contributed by atoms with Gasteiger partial charge in [0.25, 0.3) is 0 Å². The lowest BCUT2D eigenvalue weighted by atomic mass is 9.88. The molecule has 0 spiro atoms. The van der Waals surface area contributed by atoms with Crippen LogP contribution < -0.4 is 10.9 Å². The molecule has 140 valence electrons. The van der Waals surface area contributed by atoms with Crippen LogP contribution in [0.1, 0.15) is 30.4 Å². The Kier molecular flexibility index (Phi) is 5.59. The SMILES string of the molecule is O=C1/C(=C\c2ccccc2)CCC/C1=C\NNc1ccc(C(F)(F)F)cn1. The molecule has 3 rings (SSSR count). The van der Waals surface area contributed by atoms with E-state index in [1.165, 1.54) is 6.07 Å². The molecule has 0 saturated heterocycles. The number of nitrogens with one attached hydrogen (secondary N) is 2. The number of aromatic nitrogens is 1. The summed E-state index contributed by atoms with van der Waals surface area (Å²) >= 11 is 0. The maximum absolute atomic E-state index is 12.6. The second kappa shape index (κ2) is 8.07. The molecular formula is C20H18F3N3O. The van der Waals surface area contributed by atoms with Crippen molar-refractivity contribution >= 4 is 17.7 Å². The number of pyridine rings is 1. The average Bonchev–Trinajstić information content (AvgIpc) is 2.65. The fourth-order valence-corrected chi connectivity index (χ4v) is 2.76. The first-order valence-electron chi connectivity index (χ1n) is 8.47. The summed E-state index contributed by atoms with van der Waals surface area (Å²) in [6, 6.07) is 11.8. The summed E-state index contributed by atoms with van der Waals surface area (Å²) in [5.41, 5.74) is 6.94. The monoisotopic (exact) mass is 373 g/mol. The molecule has 27 heavy (non-hydrogen) atoms. The van der Waals surface area contributed by atoms with Crippen molar-refractivity contribution in [1.82, 2.24) is 10.4 Å². The lowest BCUT2D eigenvalue weighted by Crippen LogP contribution is -2.20. The van der Waals surface area contributed by atoms with Crippen LogP contribution in [0.25, 0.3) is 6.08 Å². The van der Waals surface area contributed by atoms with E-state index in [0.29, 0.717) is 12.0 Å². The van der Waals surface area contributed by atoms with Gasteiger partial charge in [0.1, 0.15) is 5.82 Å². The molecule has 0 aliphatic heterocycles. The van der Waals surface area contributed by atoms with E-state index in [1.54, 1.807) is 6.20 Å². The summed E-state index contributed by atoms with van der Waals surface area (Å²) in [6.07, 6.45) is 1.98. The van der Waals surface area contributed by atoms with E-state index < -0.39 is 11.7 Å². The molecule has 1 heterocycles. The maximum Gasteiger partial charge on any atom is 0.417 e. The highest BCUT2D eigenvalue weighted by Gasteiger charge is 2.30. The van der Waals surface area contributed by atoms with E-state index in [1.807, 2.05) is 36.4 Å². The number of alkyl halides is 3. The molecule has 0 amide bonds. The smallest absolute Gasteiger partial charge is 0.307 e. The summed E-state index contributed by atoms with van der Waals surface area (Å²) in [4.78, 5) is 16.3. The van der Waals surface area contributed by atoms with Gasteiger partial charge < -0.3 is 5.43 Å². The molecule has 1 aliphatic rings. The molecule has 1 aromatic carbocycles. The first kappa shape index (κ1) is 18.7. The van der Waals surface area contributed by atoms with Crippen LogP contribution in [0.5, 0.6) is 0 Å². The quantitative estimate of drug-likeness (QED) is 0.601. The summed E-state index contributed by atoms with van der Waals surface area (Å²) < 4.78 is 37.6. The van der Waals surface area contributed by atoms with E-state index in [4.69, 9.17) is 0 Å². The van der Waals surface area contributed by atoms with E-state index >= 15 is 0 Å². The summed E-state index contributed by atoms with van der Waals surface area (Å²) in [5, 5.41) is 0. The van der Waals surface area contributed by atoms with Gasteiger partial charge >= 0.3 is 6.18 Å². The summed E-state index contributed by atoms with van der Waals surface area (Å²) in [7, 11) is 0. The van der Waals surface area contributed by atoms with Crippen molar-refractivity contribution in [1.29, 1.82) is 0 Å². The molecule has 7 heteroatoms. The topological polar surface area (TPSA) is 54.0 Å². The largest absolute Gasteiger partial charge is 0.417 e. The number of ketones is 1. The molecule has 1 aliphatic carbocycles. The average molecular weight is 373 g/mol. The van der Waals surface area contributed by atoms with Crippen molar-refractivity contribution in [2.24, 2.45) is 0 Å². The normalized spacial score (nSPS) is 18.0. The van der Waals surface area contributed by atoms with Crippen LogP contribution >= 0.6 is 0 Å². The van der Waals surface area contributed by atoms with Crippen LogP contribution in [0.15, 0.2) is 66.0 Å². The van der Waals surface area contributed by atoms with Crippen LogP contribution in [0.2, 0.25) is 0 Å². The lowest BCUT2D eigenvalue weighted by molar-refractivity contribution is -0.137. The Morgan fingerprint density at radius 1 is 1.00 bits per heavy atom. The highest BCUT2D eigenvalue weighted by Crippen LogP contribution is 2.29. The standard InChI is InChI=1S/C20H18F3N3O/c21-20(22,23)17-9-10-18(24-13-17)26-25-12-16-8-4-7-15(19(16)27)11-14-5-2-1-3-6-14/h1-3,5-6,9-13,25H,4,7-8H2,(H,24,26)/b15-11-,16-12+. The highest BCUT2D eigenvalue weighted by atomic mass is 19.4. The second-order valence-corrected chi connectivity index (χ2v) is 6.13. The zero-order valence-corrected chi connectivity index (χ0v) is 14.4. The number of benzene rings is 1.